The van der Waals surface area contributed by atoms with Crippen LogP contribution in [0.4, 0.5) is 10.5 Å². The smallest absolute Gasteiger partial charge is 0.410 e. The van der Waals surface area contributed by atoms with Crippen LogP contribution < -0.4 is 10.6 Å². The highest BCUT2D eigenvalue weighted by Gasteiger charge is 2.22. The van der Waals surface area contributed by atoms with Gasteiger partial charge in [0, 0.05) is 30.7 Å². The molecule has 8 nitrogen and oxygen atoms in total. The Labute approximate surface area is 227 Å². The van der Waals surface area contributed by atoms with Gasteiger partial charge < -0.3 is 20.3 Å². The highest BCUT2D eigenvalue weighted by molar-refractivity contribution is 8.14. The second-order valence-corrected chi connectivity index (χ2v) is 10.3. The van der Waals surface area contributed by atoms with E-state index in [2.05, 4.69) is 15.6 Å². The molecule has 2 aromatic carbocycles. The fourth-order valence-corrected chi connectivity index (χ4v) is 4.91. The molecule has 0 aliphatic carbocycles. The number of para-hydroxylation sites is 1. The van der Waals surface area contributed by atoms with E-state index in [9.17, 15) is 9.59 Å². The molecule has 0 bridgehead atoms. The van der Waals surface area contributed by atoms with Crippen LogP contribution >= 0.6 is 11.8 Å². The number of piperidine rings is 1. The molecule has 1 aliphatic rings. The van der Waals surface area contributed by atoms with Crippen LogP contribution in [0.2, 0.25) is 0 Å². The summed E-state index contributed by atoms with van der Waals surface area (Å²) >= 11 is 1.28. The predicted octanol–water partition coefficient (Wildman–Crippen LogP) is 5.69. The number of aromatic nitrogens is 1. The summed E-state index contributed by atoms with van der Waals surface area (Å²) in [6.45, 7) is 5.08. The lowest BCUT2D eigenvalue weighted by Gasteiger charge is -2.27. The third-order valence-corrected chi connectivity index (χ3v) is 6.78. The van der Waals surface area contributed by atoms with Crippen LogP contribution in [-0.2, 0) is 9.53 Å². The molecule has 38 heavy (non-hydrogen) atoms. The third kappa shape index (κ3) is 8.08. The van der Waals surface area contributed by atoms with Gasteiger partial charge in [0.15, 0.2) is 10.6 Å². The van der Waals surface area contributed by atoms with E-state index in [1.54, 1.807) is 17.2 Å². The summed E-state index contributed by atoms with van der Waals surface area (Å²) in [5.41, 5.74) is 1.87. The Bertz CT molecular complexity index is 1290. The molecule has 2 atom stereocenters. The van der Waals surface area contributed by atoms with Gasteiger partial charge in [-0.05, 0) is 68.6 Å². The van der Waals surface area contributed by atoms with Crippen LogP contribution in [-0.4, -0.2) is 51.7 Å². The number of fused-ring (bicyclic) bond motifs is 1. The maximum Gasteiger partial charge on any atom is 0.410 e. The number of amides is 2. The molecule has 198 valence electrons. The minimum atomic E-state index is -0.500. The van der Waals surface area contributed by atoms with E-state index in [0.717, 1.165) is 48.8 Å². The van der Waals surface area contributed by atoms with Crippen molar-refractivity contribution in [3.8, 4) is 0 Å². The van der Waals surface area contributed by atoms with Crippen molar-refractivity contribution >= 4 is 51.6 Å². The number of nitrogens with one attached hydrogen (secondary N) is 2. The van der Waals surface area contributed by atoms with E-state index < -0.39 is 11.6 Å². The first-order valence-electron chi connectivity index (χ1n) is 12.8. The van der Waals surface area contributed by atoms with Gasteiger partial charge in [0.1, 0.15) is 0 Å². The van der Waals surface area contributed by atoms with Crippen molar-refractivity contribution in [3.05, 3.63) is 78.5 Å². The highest BCUT2D eigenvalue weighted by atomic mass is 32.2. The normalized spacial score (nSPS) is 15.7. The zero-order valence-electron chi connectivity index (χ0n) is 21.7. The average molecular weight is 532 g/mol. The number of carbonyl (C=O) groups is 2. The van der Waals surface area contributed by atoms with Gasteiger partial charge in [0.2, 0.25) is 5.91 Å². The number of ether oxygens (including phenoxy) is 1. The summed E-state index contributed by atoms with van der Waals surface area (Å²) in [5.74, 6) is -0.241. The summed E-state index contributed by atoms with van der Waals surface area (Å²) in [6, 6.07) is 19.3. The Balaban J connectivity index is 1.47. The van der Waals surface area contributed by atoms with Crippen molar-refractivity contribution < 1.29 is 14.3 Å². The zero-order valence-corrected chi connectivity index (χ0v) is 22.5. The first-order chi connectivity index (χ1) is 18.5. The SMILES string of the molecule is CC(NC(=O)/C=C/c1ccccc1)N/C(=N\c1cccc2cccnc12)SC(C)OC(=O)N1CCCCC1. The van der Waals surface area contributed by atoms with Gasteiger partial charge in [-0.1, -0.05) is 48.5 Å². The monoisotopic (exact) mass is 531 g/mol. The number of likely N-dealkylation sites (tertiary alicyclic amines) is 1. The molecular weight excluding hydrogens is 498 g/mol. The third-order valence-electron chi connectivity index (χ3n) is 5.92. The molecule has 2 unspecified atom stereocenters. The van der Waals surface area contributed by atoms with Crippen LogP contribution in [0.15, 0.2) is 77.9 Å². The van der Waals surface area contributed by atoms with Crippen LogP contribution in [0, 0.1) is 0 Å². The molecular formula is C29H33N5O3S. The van der Waals surface area contributed by atoms with E-state index >= 15 is 0 Å². The number of aliphatic imine (C=N–C) groups is 1. The van der Waals surface area contributed by atoms with Crippen molar-refractivity contribution in [3.63, 3.8) is 0 Å². The predicted molar refractivity (Wildman–Crippen MR) is 154 cm³/mol. The minimum Gasteiger partial charge on any atom is -0.435 e. The van der Waals surface area contributed by atoms with Gasteiger partial charge in [-0.3, -0.25) is 9.78 Å². The van der Waals surface area contributed by atoms with Crippen molar-refractivity contribution in [1.82, 2.24) is 20.5 Å². The maximum absolute atomic E-state index is 12.6. The largest absolute Gasteiger partial charge is 0.435 e. The van der Waals surface area contributed by atoms with Gasteiger partial charge in [0.25, 0.3) is 0 Å². The lowest BCUT2D eigenvalue weighted by atomic mass is 10.1. The van der Waals surface area contributed by atoms with Crippen molar-refractivity contribution in [1.29, 1.82) is 0 Å². The van der Waals surface area contributed by atoms with E-state index in [4.69, 9.17) is 9.73 Å². The summed E-state index contributed by atoms with van der Waals surface area (Å²) in [7, 11) is 0. The first-order valence-corrected chi connectivity index (χ1v) is 13.7. The summed E-state index contributed by atoms with van der Waals surface area (Å²) in [4.78, 5) is 36.2. The number of rotatable bonds is 7. The summed E-state index contributed by atoms with van der Waals surface area (Å²) in [6.07, 6.45) is 7.35. The number of hydrogen-bond donors (Lipinski definition) is 2. The molecule has 0 spiro atoms. The second kappa shape index (κ2) is 13.6. The molecule has 0 radical (unpaired) electrons. The maximum atomic E-state index is 12.6. The van der Waals surface area contributed by atoms with Crippen LogP contribution in [0.25, 0.3) is 17.0 Å². The lowest BCUT2D eigenvalue weighted by Crippen LogP contribution is -2.45. The Morgan fingerprint density at radius 1 is 1.00 bits per heavy atom. The number of nitrogens with zero attached hydrogens (tertiary/aromatic N) is 3. The van der Waals surface area contributed by atoms with Gasteiger partial charge in [-0.2, -0.15) is 0 Å². The van der Waals surface area contributed by atoms with Crippen molar-refractivity contribution in [2.24, 2.45) is 4.99 Å². The molecule has 1 saturated heterocycles. The van der Waals surface area contributed by atoms with Crippen molar-refractivity contribution in [2.45, 2.75) is 44.7 Å². The number of thioether (sulfide) groups is 1. The van der Waals surface area contributed by atoms with E-state index in [0.29, 0.717) is 10.9 Å². The van der Waals surface area contributed by atoms with E-state index in [1.165, 1.54) is 17.8 Å². The molecule has 9 heteroatoms. The van der Waals surface area contributed by atoms with E-state index in [1.807, 2.05) is 74.5 Å². The molecule has 2 N–H and O–H groups in total. The molecule has 4 rings (SSSR count). The van der Waals surface area contributed by atoms with Gasteiger partial charge >= 0.3 is 6.09 Å². The Morgan fingerprint density at radius 3 is 2.55 bits per heavy atom. The second-order valence-electron chi connectivity index (χ2n) is 9.00. The standard InChI is InChI=1S/C29H33N5O3S/c1-21(31-26(35)17-16-23-11-5-3-6-12-23)32-28(33-25-15-9-13-24-14-10-18-30-27(24)25)38-22(2)37-29(36)34-19-7-4-8-20-34/h3,5-6,9-18,21-22H,4,7-8,19-20H2,1-2H3,(H,31,35)(H,32,33)/b17-16+. The molecule has 2 amide bonds. The Morgan fingerprint density at radius 2 is 1.76 bits per heavy atom. The van der Waals surface area contributed by atoms with E-state index in [-0.39, 0.29) is 12.0 Å². The first kappa shape index (κ1) is 27.2. The summed E-state index contributed by atoms with van der Waals surface area (Å²) < 4.78 is 5.71. The molecule has 1 fully saturated rings. The van der Waals surface area contributed by atoms with Crippen LogP contribution in [0.1, 0.15) is 38.7 Å². The number of amidine groups is 1. The Kier molecular flexibility index (Phi) is 9.75. The van der Waals surface area contributed by atoms with Gasteiger partial charge in [-0.25, -0.2) is 9.79 Å². The number of pyridine rings is 1. The Hall–Kier alpha value is -3.85. The van der Waals surface area contributed by atoms with Gasteiger partial charge in [0.05, 0.1) is 17.4 Å². The zero-order chi connectivity index (χ0) is 26.7. The van der Waals surface area contributed by atoms with Gasteiger partial charge in [-0.15, -0.1) is 0 Å². The number of hydrogen-bond acceptors (Lipinski definition) is 6. The fraction of sp³-hybridized carbons (Fsp3) is 0.310. The molecule has 3 aromatic rings. The van der Waals surface area contributed by atoms with Crippen molar-refractivity contribution in [2.75, 3.05) is 13.1 Å². The highest BCUT2D eigenvalue weighted by Crippen LogP contribution is 2.26. The minimum absolute atomic E-state index is 0.241. The molecule has 0 saturated carbocycles. The lowest BCUT2D eigenvalue weighted by molar-refractivity contribution is -0.117. The molecule has 1 aromatic heterocycles. The van der Waals surface area contributed by atoms with Crippen LogP contribution in [0.5, 0.6) is 0 Å². The number of benzene rings is 2. The topological polar surface area (TPSA) is 95.9 Å². The molecule has 1 aliphatic heterocycles. The quantitative estimate of drug-likeness (QED) is 0.176. The summed E-state index contributed by atoms with van der Waals surface area (Å²) in [5, 5.41) is 7.63. The fourth-order valence-electron chi connectivity index (χ4n) is 4.07. The average Bonchev–Trinajstić information content (AvgIpc) is 2.93. The number of carbonyl (C=O) groups excluding carboxylic acids is 2. The molecule has 2 heterocycles. The van der Waals surface area contributed by atoms with Crippen LogP contribution in [0.3, 0.4) is 0 Å².